The molecule has 0 atom stereocenters. The lowest BCUT2D eigenvalue weighted by atomic mass is 9.93. The number of hydrogen-bond donors (Lipinski definition) is 0. The van der Waals surface area contributed by atoms with Gasteiger partial charge < -0.3 is 4.90 Å². The van der Waals surface area contributed by atoms with Gasteiger partial charge in [0.2, 0.25) is 0 Å². The molecular formula is C58H39N. The molecular weight excluding hydrogens is 711 g/mol. The Morgan fingerprint density at radius 1 is 0.220 bits per heavy atom. The highest BCUT2D eigenvalue weighted by Gasteiger charge is 2.18. The highest BCUT2D eigenvalue weighted by molar-refractivity contribution is 6.17. The maximum Gasteiger partial charge on any atom is 0.0540 e. The fourth-order valence-corrected chi connectivity index (χ4v) is 8.90. The zero-order valence-corrected chi connectivity index (χ0v) is 32.5. The van der Waals surface area contributed by atoms with Gasteiger partial charge in [0.1, 0.15) is 0 Å². The summed E-state index contributed by atoms with van der Waals surface area (Å²) in [6.07, 6.45) is 0. The molecule has 11 aromatic carbocycles. The van der Waals surface area contributed by atoms with E-state index in [9.17, 15) is 0 Å². The molecule has 0 aliphatic carbocycles. The summed E-state index contributed by atoms with van der Waals surface area (Å²) >= 11 is 0. The molecule has 0 amide bonds. The van der Waals surface area contributed by atoms with E-state index in [1.807, 2.05) is 0 Å². The van der Waals surface area contributed by atoms with E-state index in [1.54, 1.807) is 0 Å². The Labute approximate surface area is 344 Å². The quantitative estimate of drug-likeness (QED) is 0.147. The van der Waals surface area contributed by atoms with E-state index in [1.165, 1.54) is 87.6 Å². The van der Waals surface area contributed by atoms with Crippen molar-refractivity contribution < 1.29 is 0 Å². The van der Waals surface area contributed by atoms with E-state index in [2.05, 4.69) is 241 Å². The second-order valence-corrected chi connectivity index (χ2v) is 15.3. The first kappa shape index (κ1) is 34.5. The summed E-state index contributed by atoms with van der Waals surface area (Å²) in [6, 6.07) is 86.2. The molecule has 0 radical (unpaired) electrons. The lowest BCUT2D eigenvalue weighted by Gasteiger charge is -2.28. The van der Waals surface area contributed by atoms with Crippen LogP contribution in [0.4, 0.5) is 17.1 Å². The minimum atomic E-state index is 1.11. The van der Waals surface area contributed by atoms with Crippen molar-refractivity contribution in [1.82, 2.24) is 0 Å². The van der Waals surface area contributed by atoms with Gasteiger partial charge in [0.15, 0.2) is 0 Å². The van der Waals surface area contributed by atoms with E-state index in [-0.39, 0.29) is 0 Å². The fraction of sp³-hybridized carbons (Fsp3) is 0. The molecule has 276 valence electrons. The van der Waals surface area contributed by atoms with Crippen LogP contribution in [0.3, 0.4) is 0 Å². The van der Waals surface area contributed by atoms with Gasteiger partial charge in [-0.05, 0) is 119 Å². The maximum absolute atomic E-state index is 2.40. The number of hydrogen-bond acceptors (Lipinski definition) is 1. The Hall–Kier alpha value is -7.74. The van der Waals surface area contributed by atoms with Crippen LogP contribution in [-0.4, -0.2) is 0 Å². The molecule has 0 heterocycles. The molecule has 0 saturated heterocycles. The van der Waals surface area contributed by atoms with Crippen molar-refractivity contribution in [2.45, 2.75) is 0 Å². The van der Waals surface area contributed by atoms with Crippen molar-refractivity contribution in [3.05, 3.63) is 237 Å². The first-order chi connectivity index (χ1) is 29.2. The first-order valence-electron chi connectivity index (χ1n) is 20.3. The highest BCUT2D eigenvalue weighted by Crippen LogP contribution is 2.44. The standard InChI is InChI=1S/C58H39N/c1-3-12-40(13-4-1)42-26-31-49(32-27-42)59(50-18-11-17-46(39-50)41-14-5-2-6-15-41)58-37-36-52(54-20-9-10-21-57(54)58)45-24-22-43(23-25-45)47-29-33-53-48(38-47)30-35-55-51-19-8-7-16-44(51)28-34-56(53)55/h1-39H. The zero-order chi connectivity index (χ0) is 39.1. The molecule has 0 spiro atoms. The molecule has 0 unspecified atom stereocenters. The molecule has 0 fully saturated rings. The van der Waals surface area contributed by atoms with Gasteiger partial charge >= 0.3 is 0 Å². The second kappa shape index (κ2) is 14.6. The third kappa shape index (κ3) is 6.30. The minimum absolute atomic E-state index is 1.11. The summed E-state index contributed by atoms with van der Waals surface area (Å²) in [6.45, 7) is 0. The molecule has 0 aromatic heterocycles. The maximum atomic E-state index is 2.40. The number of fused-ring (bicyclic) bond motifs is 6. The van der Waals surface area contributed by atoms with Crippen molar-refractivity contribution in [3.8, 4) is 44.5 Å². The van der Waals surface area contributed by atoms with Gasteiger partial charge in [0, 0.05) is 16.8 Å². The summed E-state index contributed by atoms with van der Waals surface area (Å²) in [7, 11) is 0. The Kier molecular flexibility index (Phi) is 8.56. The predicted molar refractivity (Wildman–Crippen MR) is 253 cm³/mol. The van der Waals surface area contributed by atoms with Gasteiger partial charge in [-0.3, -0.25) is 0 Å². The molecule has 0 bridgehead atoms. The lowest BCUT2D eigenvalue weighted by Crippen LogP contribution is -2.10. The zero-order valence-electron chi connectivity index (χ0n) is 32.5. The van der Waals surface area contributed by atoms with E-state index in [0.717, 1.165) is 17.1 Å². The Bertz CT molecular complexity index is 3290. The van der Waals surface area contributed by atoms with Gasteiger partial charge in [0.25, 0.3) is 0 Å². The van der Waals surface area contributed by atoms with Gasteiger partial charge in [-0.2, -0.15) is 0 Å². The predicted octanol–water partition coefficient (Wildman–Crippen LogP) is 16.4. The summed E-state index contributed by atoms with van der Waals surface area (Å²) < 4.78 is 0. The van der Waals surface area contributed by atoms with Crippen molar-refractivity contribution >= 4 is 60.2 Å². The lowest BCUT2D eigenvalue weighted by molar-refractivity contribution is 1.30. The summed E-state index contributed by atoms with van der Waals surface area (Å²) in [5.74, 6) is 0. The van der Waals surface area contributed by atoms with E-state index in [0.29, 0.717) is 0 Å². The number of rotatable bonds is 7. The molecule has 1 nitrogen and oxygen atoms in total. The van der Waals surface area contributed by atoms with Crippen LogP contribution in [-0.2, 0) is 0 Å². The summed E-state index contributed by atoms with van der Waals surface area (Å²) in [5.41, 5.74) is 13.0. The molecule has 11 rings (SSSR count). The van der Waals surface area contributed by atoms with Crippen LogP contribution in [0.2, 0.25) is 0 Å². The van der Waals surface area contributed by atoms with Crippen molar-refractivity contribution in [3.63, 3.8) is 0 Å². The van der Waals surface area contributed by atoms with Crippen LogP contribution < -0.4 is 4.90 Å². The largest absolute Gasteiger partial charge is 0.310 e. The van der Waals surface area contributed by atoms with Gasteiger partial charge in [-0.15, -0.1) is 0 Å². The molecule has 0 N–H and O–H groups in total. The molecule has 0 aliphatic heterocycles. The number of nitrogens with zero attached hydrogens (tertiary/aromatic N) is 1. The molecule has 1 heteroatoms. The smallest absolute Gasteiger partial charge is 0.0540 e. The van der Waals surface area contributed by atoms with Crippen LogP contribution in [0, 0.1) is 0 Å². The summed E-state index contributed by atoms with van der Waals surface area (Å²) in [5, 5.41) is 10.1. The van der Waals surface area contributed by atoms with Gasteiger partial charge in [-0.25, -0.2) is 0 Å². The summed E-state index contributed by atoms with van der Waals surface area (Å²) in [4.78, 5) is 2.40. The second-order valence-electron chi connectivity index (χ2n) is 15.3. The third-order valence-corrected chi connectivity index (χ3v) is 11.9. The van der Waals surface area contributed by atoms with Crippen molar-refractivity contribution in [2.75, 3.05) is 4.90 Å². The van der Waals surface area contributed by atoms with Crippen LogP contribution >= 0.6 is 0 Å². The van der Waals surface area contributed by atoms with E-state index < -0.39 is 0 Å². The minimum Gasteiger partial charge on any atom is -0.310 e. The molecule has 0 aliphatic rings. The molecule has 11 aromatic rings. The van der Waals surface area contributed by atoms with Crippen LogP contribution in [0.15, 0.2) is 237 Å². The molecule has 59 heavy (non-hydrogen) atoms. The van der Waals surface area contributed by atoms with E-state index >= 15 is 0 Å². The van der Waals surface area contributed by atoms with Crippen molar-refractivity contribution in [1.29, 1.82) is 0 Å². The SMILES string of the molecule is c1ccc(-c2ccc(N(c3cccc(-c4ccccc4)c3)c3ccc(-c4ccc(-c5ccc6c(ccc7c8ccccc8ccc67)c5)cc4)c4ccccc34)cc2)cc1. The van der Waals surface area contributed by atoms with Crippen LogP contribution in [0.25, 0.3) is 87.6 Å². The highest BCUT2D eigenvalue weighted by atomic mass is 15.1. The van der Waals surface area contributed by atoms with Crippen molar-refractivity contribution in [2.24, 2.45) is 0 Å². The normalized spacial score (nSPS) is 11.4. The fourth-order valence-electron chi connectivity index (χ4n) is 8.90. The topological polar surface area (TPSA) is 3.24 Å². The first-order valence-corrected chi connectivity index (χ1v) is 20.3. The third-order valence-electron chi connectivity index (χ3n) is 11.9. The van der Waals surface area contributed by atoms with Gasteiger partial charge in [-0.1, -0.05) is 200 Å². The van der Waals surface area contributed by atoms with Crippen LogP contribution in [0.5, 0.6) is 0 Å². The Balaban J connectivity index is 0.979. The number of anilines is 3. The van der Waals surface area contributed by atoms with E-state index in [4.69, 9.17) is 0 Å². The Morgan fingerprint density at radius 2 is 0.712 bits per heavy atom. The van der Waals surface area contributed by atoms with Crippen LogP contribution in [0.1, 0.15) is 0 Å². The number of benzene rings is 11. The average molecular weight is 750 g/mol. The average Bonchev–Trinajstić information content (AvgIpc) is 3.32. The monoisotopic (exact) mass is 749 g/mol. The molecule has 0 saturated carbocycles. The van der Waals surface area contributed by atoms with Gasteiger partial charge in [0.05, 0.1) is 5.69 Å². The Morgan fingerprint density at radius 3 is 1.46 bits per heavy atom.